The lowest BCUT2D eigenvalue weighted by Crippen LogP contribution is -2.06. The number of rotatable bonds is 4. The standard InChI is InChI=1S/C7H12O2/c1-6(2)3-7(4-8)5-9/h4-7H,3H2,1-2H3. The Morgan fingerprint density at radius 2 is 1.67 bits per heavy atom. The first-order valence-corrected chi connectivity index (χ1v) is 3.11. The number of carbonyl (C=O) groups is 2. The Morgan fingerprint density at radius 3 is 1.78 bits per heavy atom. The zero-order valence-electron chi connectivity index (χ0n) is 5.83. The summed E-state index contributed by atoms with van der Waals surface area (Å²) in [6.45, 7) is 3.97. The maximum atomic E-state index is 10.0. The lowest BCUT2D eigenvalue weighted by molar-refractivity contribution is -0.119. The van der Waals surface area contributed by atoms with Gasteiger partial charge in [-0.25, -0.2) is 0 Å². The third kappa shape index (κ3) is 3.88. The summed E-state index contributed by atoms with van der Waals surface area (Å²) in [4.78, 5) is 20.1. The van der Waals surface area contributed by atoms with Crippen molar-refractivity contribution in [2.24, 2.45) is 11.8 Å². The van der Waals surface area contributed by atoms with E-state index >= 15 is 0 Å². The molecule has 0 aromatic heterocycles. The molecule has 0 aliphatic carbocycles. The van der Waals surface area contributed by atoms with Gasteiger partial charge >= 0.3 is 0 Å². The van der Waals surface area contributed by atoms with Crippen LogP contribution in [0.25, 0.3) is 0 Å². The quantitative estimate of drug-likeness (QED) is 0.419. The van der Waals surface area contributed by atoms with Crippen molar-refractivity contribution in [1.82, 2.24) is 0 Å². The first-order valence-electron chi connectivity index (χ1n) is 3.11. The fourth-order valence-corrected chi connectivity index (χ4v) is 0.688. The van der Waals surface area contributed by atoms with Gasteiger partial charge in [0.15, 0.2) is 0 Å². The van der Waals surface area contributed by atoms with Crippen molar-refractivity contribution in [1.29, 1.82) is 0 Å². The van der Waals surface area contributed by atoms with Gasteiger partial charge in [0.2, 0.25) is 0 Å². The minimum atomic E-state index is -0.384. The molecule has 2 heteroatoms. The molecule has 0 amide bonds. The summed E-state index contributed by atoms with van der Waals surface area (Å²) in [6.07, 6.45) is 2.08. The van der Waals surface area contributed by atoms with Crippen LogP contribution in [0, 0.1) is 11.8 Å². The summed E-state index contributed by atoms with van der Waals surface area (Å²) < 4.78 is 0. The Kier molecular flexibility index (Phi) is 3.93. The van der Waals surface area contributed by atoms with E-state index in [1.165, 1.54) is 0 Å². The highest BCUT2D eigenvalue weighted by Crippen LogP contribution is 2.05. The molecule has 0 aromatic carbocycles. The van der Waals surface area contributed by atoms with E-state index in [0.29, 0.717) is 24.9 Å². The van der Waals surface area contributed by atoms with Crippen molar-refractivity contribution in [3.8, 4) is 0 Å². The van der Waals surface area contributed by atoms with Crippen LogP contribution in [0.15, 0.2) is 0 Å². The molecule has 0 aliphatic heterocycles. The average molecular weight is 128 g/mol. The van der Waals surface area contributed by atoms with Crippen molar-refractivity contribution in [3.63, 3.8) is 0 Å². The number of aldehydes is 2. The highest BCUT2D eigenvalue weighted by Gasteiger charge is 2.06. The summed E-state index contributed by atoms with van der Waals surface area (Å²) >= 11 is 0. The van der Waals surface area contributed by atoms with Crippen molar-refractivity contribution < 1.29 is 9.59 Å². The predicted molar refractivity (Wildman–Crippen MR) is 35.1 cm³/mol. The lowest BCUT2D eigenvalue weighted by Gasteiger charge is -2.03. The Balaban J connectivity index is 3.55. The normalized spacial score (nSPS) is 10.2. The van der Waals surface area contributed by atoms with Gasteiger partial charge in [-0.2, -0.15) is 0 Å². The van der Waals surface area contributed by atoms with Crippen LogP contribution in [0.5, 0.6) is 0 Å². The molecule has 2 nitrogen and oxygen atoms in total. The molecule has 0 radical (unpaired) electrons. The summed E-state index contributed by atoms with van der Waals surface area (Å²) in [7, 11) is 0. The molecule has 0 rings (SSSR count). The summed E-state index contributed by atoms with van der Waals surface area (Å²) in [6, 6.07) is 0. The van der Waals surface area contributed by atoms with Crippen LogP contribution >= 0.6 is 0 Å². The number of hydrogen-bond donors (Lipinski definition) is 0. The van der Waals surface area contributed by atoms with Crippen LogP contribution in [0.2, 0.25) is 0 Å². The van der Waals surface area contributed by atoms with Crippen molar-refractivity contribution in [2.75, 3.05) is 0 Å². The summed E-state index contributed by atoms with van der Waals surface area (Å²) in [5, 5.41) is 0. The molecule has 0 atom stereocenters. The Bertz CT molecular complexity index is 89.1. The van der Waals surface area contributed by atoms with Gasteiger partial charge in [-0.3, -0.25) is 0 Å². The fraction of sp³-hybridized carbons (Fsp3) is 0.714. The highest BCUT2D eigenvalue weighted by atomic mass is 16.1. The van der Waals surface area contributed by atoms with E-state index in [0.717, 1.165) is 0 Å². The van der Waals surface area contributed by atoms with Crippen molar-refractivity contribution in [3.05, 3.63) is 0 Å². The van der Waals surface area contributed by atoms with Gasteiger partial charge in [0.05, 0.1) is 5.92 Å². The van der Waals surface area contributed by atoms with Gasteiger partial charge in [0.1, 0.15) is 12.6 Å². The minimum Gasteiger partial charge on any atom is -0.303 e. The molecular formula is C7H12O2. The van der Waals surface area contributed by atoms with E-state index < -0.39 is 0 Å². The third-order valence-corrected chi connectivity index (χ3v) is 1.09. The molecule has 52 valence electrons. The van der Waals surface area contributed by atoms with Crippen LogP contribution in [0.1, 0.15) is 20.3 Å². The molecule has 0 fully saturated rings. The molecule has 0 aromatic rings. The predicted octanol–water partition coefficient (Wildman–Crippen LogP) is 1.05. The second-order valence-electron chi connectivity index (χ2n) is 2.57. The second kappa shape index (κ2) is 4.24. The van der Waals surface area contributed by atoms with Gasteiger partial charge in [0, 0.05) is 0 Å². The molecule has 0 heterocycles. The van der Waals surface area contributed by atoms with Gasteiger partial charge in [0.25, 0.3) is 0 Å². The molecule has 0 bridgehead atoms. The van der Waals surface area contributed by atoms with Crippen LogP contribution in [0.4, 0.5) is 0 Å². The molecule has 9 heavy (non-hydrogen) atoms. The van der Waals surface area contributed by atoms with E-state index in [2.05, 4.69) is 0 Å². The van der Waals surface area contributed by atoms with E-state index in [-0.39, 0.29) is 5.92 Å². The van der Waals surface area contributed by atoms with Crippen LogP contribution in [-0.4, -0.2) is 12.6 Å². The van der Waals surface area contributed by atoms with Crippen LogP contribution in [-0.2, 0) is 9.59 Å². The molecule has 0 N–H and O–H groups in total. The molecule has 0 spiro atoms. The van der Waals surface area contributed by atoms with E-state index in [1.54, 1.807) is 0 Å². The van der Waals surface area contributed by atoms with Crippen LogP contribution in [0.3, 0.4) is 0 Å². The number of hydrogen-bond acceptors (Lipinski definition) is 2. The molecule has 0 saturated heterocycles. The first kappa shape index (κ1) is 8.34. The SMILES string of the molecule is CC(C)CC(C=O)C=O. The minimum absolute atomic E-state index is 0.384. The molecule has 0 saturated carbocycles. The largest absolute Gasteiger partial charge is 0.303 e. The van der Waals surface area contributed by atoms with Gasteiger partial charge in [-0.05, 0) is 12.3 Å². The van der Waals surface area contributed by atoms with E-state index in [9.17, 15) is 9.59 Å². The Labute approximate surface area is 55.3 Å². The summed E-state index contributed by atoms with van der Waals surface area (Å²) in [5.41, 5.74) is 0. The third-order valence-electron chi connectivity index (χ3n) is 1.09. The van der Waals surface area contributed by atoms with E-state index in [1.807, 2.05) is 13.8 Å². The zero-order chi connectivity index (χ0) is 7.28. The maximum absolute atomic E-state index is 10.0. The van der Waals surface area contributed by atoms with Crippen molar-refractivity contribution in [2.45, 2.75) is 20.3 Å². The van der Waals surface area contributed by atoms with Crippen molar-refractivity contribution >= 4 is 12.6 Å². The molecular weight excluding hydrogens is 116 g/mol. The highest BCUT2D eigenvalue weighted by molar-refractivity contribution is 5.77. The molecule has 0 aliphatic rings. The second-order valence-corrected chi connectivity index (χ2v) is 2.57. The number of carbonyl (C=O) groups excluding carboxylic acids is 2. The van der Waals surface area contributed by atoms with Gasteiger partial charge < -0.3 is 9.59 Å². The maximum Gasteiger partial charge on any atom is 0.130 e. The monoisotopic (exact) mass is 128 g/mol. The Morgan fingerprint density at radius 1 is 1.22 bits per heavy atom. The first-order chi connectivity index (χ1) is 4.20. The van der Waals surface area contributed by atoms with Crippen LogP contribution < -0.4 is 0 Å². The smallest absolute Gasteiger partial charge is 0.130 e. The topological polar surface area (TPSA) is 34.1 Å². The van der Waals surface area contributed by atoms with Gasteiger partial charge in [-0.1, -0.05) is 13.8 Å². The Hall–Kier alpha value is -0.660. The lowest BCUT2D eigenvalue weighted by atomic mass is 10.0. The molecule has 0 unspecified atom stereocenters. The fourth-order valence-electron chi connectivity index (χ4n) is 0.688. The van der Waals surface area contributed by atoms with Gasteiger partial charge in [-0.15, -0.1) is 0 Å². The van der Waals surface area contributed by atoms with E-state index in [4.69, 9.17) is 0 Å². The summed E-state index contributed by atoms with van der Waals surface area (Å²) in [5.74, 6) is 0.0374. The average Bonchev–Trinajstić information content (AvgIpc) is 1.82. The zero-order valence-corrected chi connectivity index (χ0v) is 5.83.